The van der Waals surface area contributed by atoms with E-state index in [1.165, 1.54) is 12.0 Å². The Kier molecular flexibility index (Phi) is 2.02. The predicted octanol–water partition coefficient (Wildman–Crippen LogP) is 3.10. The second-order valence-electron chi connectivity index (χ2n) is 4.74. The molecule has 14 heavy (non-hydrogen) atoms. The fourth-order valence-corrected chi connectivity index (χ4v) is 2.19. The number of Topliss-reactive ketones (excluding diaryl/α,β-unsaturated/α-hetero) is 1. The Labute approximate surface area is 84.3 Å². The predicted molar refractivity (Wildman–Crippen MR) is 54.7 cm³/mol. The van der Waals surface area contributed by atoms with Crippen LogP contribution in [0, 0.1) is 0 Å². The summed E-state index contributed by atoms with van der Waals surface area (Å²) in [6.07, 6.45) is 3.31. The van der Waals surface area contributed by atoms with Gasteiger partial charge in [-0.25, -0.2) is 0 Å². The number of fused-ring (bicyclic) bond motifs is 1. The van der Waals surface area contributed by atoms with Crippen molar-refractivity contribution < 1.29 is 9.21 Å². The maximum atomic E-state index is 11.2. The molecule has 0 aliphatic heterocycles. The molecular formula is C12H16O2. The zero-order valence-electron chi connectivity index (χ0n) is 9.02. The number of ketones is 1. The van der Waals surface area contributed by atoms with E-state index in [9.17, 15) is 4.79 Å². The zero-order chi connectivity index (χ0) is 10.3. The van der Waals surface area contributed by atoms with Gasteiger partial charge in [0.15, 0.2) is 11.5 Å². The Morgan fingerprint density at radius 3 is 2.79 bits per heavy atom. The molecular weight excluding hydrogens is 176 g/mol. The molecule has 2 nitrogen and oxygen atoms in total. The average Bonchev–Trinajstić information content (AvgIpc) is 2.48. The molecule has 0 amide bonds. The van der Waals surface area contributed by atoms with Crippen molar-refractivity contribution in [2.75, 3.05) is 0 Å². The van der Waals surface area contributed by atoms with Crippen LogP contribution in [0.25, 0.3) is 0 Å². The summed E-state index contributed by atoms with van der Waals surface area (Å²) < 4.78 is 5.55. The Balaban J connectivity index is 2.49. The van der Waals surface area contributed by atoms with E-state index in [0.717, 1.165) is 18.6 Å². The molecule has 2 heteroatoms. The number of hydrogen-bond acceptors (Lipinski definition) is 2. The van der Waals surface area contributed by atoms with Crippen molar-refractivity contribution in [2.24, 2.45) is 0 Å². The molecule has 0 radical (unpaired) electrons. The summed E-state index contributed by atoms with van der Waals surface area (Å²) in [5, 5.41) is 0. The molecule has 0 saturated carbocycles. The van der Waals surface area contributed by atoms with E-state index in [0.29, 0.717) is 5.76 Å². The van der Waals surface area contributed by atoms with Gasteiger partial charge in [-0.3, -0.25) is 4.79 Å². The van der Waals surface area contributed by atoms with E-state index >= 15 is 0 Å². The SMILES string of the molecule is CC(=O)c1cc2c(o1)CCCC2(C)C. The van der Waals surface area contributed by atoms with Crippen LogP contribution in [-0.2, 0) is 11.8 Å². The molecule has 76 valence electrons. The summed E-state index contributed by atoms with van der Waals surface area (Å²) >= 11 is 0. The van der Waals surface area contributed by atoms with Gasteiger partial charge in [-0.1, -0.05) is 13.8 Å². The standard InChI is InChI=1S/C12H16O2/c1-8(13)11-7-9-10(14-11)5-4-6-12(9,2)3/h7H,4-6H2,1-3H3. The second kappa shape index (κ2) is 2.97. The molecule has 2 rings (SSSR count). The molecule has 0 unspecified atom stereocenters. The monoisotopic (exact) mass is 192 g/mol. The summed E-state index contributed by atoms with van der Waals surface area (Å²) in [5.74, 6) is 1.56. The first-order chi connectivity index (χ1) is 6.50. The average molecular weight is 192 g/mol. The fourth-order valence-electron chi connectivity index (χ4n) is 2.19. The van der Waals surface area contributed by atoms with Gasteiger partial charge in [0.2, 0.25) is 0 Å². The molecule has 0 saturated heterocycles. The Morgan fingerprint density at radius 1 is 1.50 bits per heavy atom. The molecule has 1 aromatic heterocycles. The second-order valence-corrected chi connectivity index (χ2v) is 4.74. The highest BCUT2D eigenvalue weighted by Crippen LogP contribution is 2.38. The van der Waals surface area contributed by atoms with Gasteiger partial charge in [-0.2, -0.15) is 0 Å². The first-order valence-electron chi connectivity index (χ1n) is 5.15. The normalized spacial score (nSPS) is 19.1. The van der Waals surface area contributed by atoms with E-state index in [1.54, 1.807) is 6.92 Å². The van der Waals surface area contributed by atoms with Crippen LogP contribution in [0.2, 0.25) is 0 Å². The van der Waals surface area contributed by atoms with E-state index in [4.69, 9.17) is 4.42 Å². The third kappa shape index (κ3) is 1.39. The number of rotatable bonds is 1. The van der Waals surface area contributed by atoms with Crippen molar-refractivity contribution in [3.05, 3.63) is 23.2 Å². The molecule has 1 aliphatic carbocycles. The third-order valence-corrected chi connectivity index (χ3v) is 3.09. The lowest BCUT2D eigenvalue weighted by Gasteiger charge is -2.28. The highest BCUT2D eigenvalue weighted by molar-refractivity contribution is 5.91. The van der Waals surface area contributed by atoms with Gasteiger partial charge in [0, 0.05) is 13.3 Å². The topological polar surface area (TPSA) is 30.2 Å². The Bertz CT molecular complexity index is 372. The minimum Gasteiger partial charge on any atom is -0.458 e. The summed E-state index contributed by atoms with van der Waals surface area (Å²) in [7, 11) is 0. The van der Waals surface area contributed by atoms with Crippen molar-refractivity contribution >= 4 is 5.78 Å². The maximum absolute atomic E-state index is 11.2. The van der Waals surface area contributed by atoms with E-state index in [-0.39, 0.29) is 11.2 Å². The fraction of sp³-hybridized carbons (Fsp3) is 0.583. The molecule has 0 bridgehead atoms. The summed E-state index contributed by atoms with van der Waals surface area (Å²) in [5.41, 5.74) is 1.40. The smallest absolute Gasteiger partial charge is 0.194 e. The highest BCUT2D eigenvalue weighted by atomic mass is 16.3. The lowest BCUT2D eigenvalue weighted by Crippen LogP contribution is -2.22. The van der Waals surface area contributed by atoms with E-state index in [2.05, 4.69) is 13.8 Å². The number of hydrogen-bond donors (Lipinski definition) is 0. The van der Waals surface area contributed by atoms with E-state index in [1.807, 2.05) is 6.07 Å². The minimum absolute atomic E-state index is 0.0233. The zero-order valence-corrected chi connectivity index (χ0v) is 9.02. The molecule has 1 aliphatic rings. The van der Waals surface area contributed by atoms with Gasteiger partial charge in [0.25, 0.3) is 0 Å². The van der Waals surface area contributed by atoms with Gasteiger partial charge < -0.3 is 4.42 Å². The number of aryl methyl sites for hydroxylation is 1. The quantitative estimate of drug-likeness (QED) is 0.640. The Hall–Kier alpha value is -1.05. The summed E-state index contributed by atoms with van der Waals surface area (Å²) in [6, 6.07) is 1.93. The van der Waals surface area contributed by atoms with Gasteiger partial charge in [0.1, 0.15) is 5.76 Å². The van der Waals surface area contributed by atoms with Crippen LogP contribution in [0.4, 0.5) is 0 Å². The van der Waals surface area contributed by atoms with Crippen LogP contribution >= 0.6 is 0 Å². The molecule has 1 aromatic rings. The number of furan rings is 1. The largest absolute Gasteiger partial charge is 0.458 e. The summed E-state index contributed by atoms with van der Waals surface area (Å²) in [6.45, 7) is 5.98. The highest BCUT2D eigenvalue weighted by Gasteiger charge is 2.31. The molecule has 0 fully saturated rings. The lowest BCUT2D eigenvalue weighted by atomic mass is 9.76. The number of carbonyl (C=O) groups excluding carboxylic acids is 1. The molecule has 0 atom stereocenters. The Morgan fingerprint density at radius 2 is 2.21 bits per heavy atom. The van der Waals surface area contributed by atoms with Gasteiger partial charge >= 0.3 is 0 Å². The maximum Gasteiger partial charge on any atom is 0.194 e. The minimum atomic E-state index is 0.0233. The lowest BCUT2D eigenvalue weighted by molar-refractivity contribution is 0.0985. The van der Waals surface area contributed by atoms with Crippen molar-refractivity contribution in [3.8, 4) is 0 Å². The van der Waals surface area contributed by atoms with Crippen molar-refractivity contribution in [2.45, 2.75) is 45.4 Å². The van der Waals surface area contributed by atoms with Crippen molar-refractivity contribution in [1.29, 1.82) is 0 Å². The molecule has 1 heterocycles. The molecule has 0 N–H and O–H groups in total. The van der Waals surface area contributed by atoms with Crippen LogP contribution in [0.3, 0.4) is 0 Å². The van der Waals surface area contributed by atoms with Crippen LogP contribution in [-0.4, -0.2) is 5.78 Å². The van der Waals surface area contributed by atoms with Gasteiger partial charge in [0.05, 0.1) is 0 Å². The van der Waals surface area contributed by atoms with Crippen LogP contribution in [0.15, 0.2) is 10.5 Å². The van der Waals surface area contributed by atoms with E-state index < -0.39 is 0 Å². The number of carbonyl (C=O) groups is 1. The van der Waals surface area contributed by atoms with Gasteiger partial charge in [-0.15, -0.1) is 0 Å². The van der Waals surface area contributed by atoms with Crippen LogP contribution < -0.4 is 0 Å². The third-order valence-electron chi connectivity index (χ3n) is 3.09. The van der Waals surface area contributed by atoms with Crippen molar-refractivity contribution in [1.82, 2.24) is 0 Å². The first kappa shape index (κ1) is 9.50. The molecule has 0 spiro atoms. The van der Waals surface area contributed by atoms with Crippen LogP contribution in [0.1, 0.15) is 55.5 Å². The van der Waals surface area contributed by atoms with Gasteiger partial charge in [-0.05, 0) is 29.9 Å². The van der Waals surface area contributed by atoms with Crippen molar-refractivity contribution in [3.63, 3.8) is 0 Å². The van der Waals surface area contributed by atoms with Crippen LogP contribution in [0.5, 0.6) is 0 Å². The molecule has 0 aromatic carbocycles. The summed E-state index contributed by atoms with van der Waals surface area (Å²) in [4.78, 5) is 11.2. The first-order valence-corrected chi connectivity index (χ1v) is 5.15.